The number of carbonyl (C=O) groups excluding carboxylic acids is 3. The molecule has 1 aliphatic rings. The van der Waals surface area contributed by atoms with Gasteiger partial charge >= 0.3 is 0 Å². The third-order valence-corrected chi connectivity index (χ3v) is 4.34. The summed E-state index contributed by atoms with van der Waals surface area (Å²) in [4.78, 5) is 41.2. The van der Waals surface area contributed by atoms with E-state index in [1.807, 2.05) is 13.0 Å². The zero-order chi connectivity index (χ0) is 16.6. The molecule has 7 heteroatoms. The Labute approximate surface area is 140 Å². The number of imide groups is 1. The number of nitrogens with one attached hydrogen (secondary N) is 1. The molecule has 3 rings (SSSR count). The number of carbonyl (C=O) groups is 3. The zero-order valence-electron chi connectivity index (χ0n) is 12.2. The monoisotopic (exact) mass is 373 g/mol. The van der Waals surface area contributed by atoms with Crippen molar-refractivity contribution in [2.24, 2.45) is 0 Å². The highest BCUT2D eigenvalue weighted by Gasteiger charge is 2.37. The molecule has 0 saturated carbocycles. The minimum Gasteiger partial charge on any atom is -0.324 e. The standard InChI is InChI=1S/C16H12BrN3O3/c1-9-4-5-10(7-12(9)17)19-13(21)8-20-15(22)11-3-2-6-18-14(11)16(20)23/h2-7H,8H2,1H3,(H,19,21). The molecule has 23 heavy (non-hydrogen) atoms. The molecule has 1 aromatic heterocycles. The molecule has 1 aliphatic heterocycles. The Kier molecular flexibility index (Phi) is 3.96. The highest BCUT2D eigenvalue weighted by molar-refractivity contribution is 9.10. The molecule has 0 unspecified atom stereocenters. The van der Waals surface area contributed by atoms with Gasteiger partial charge in [0.05, 0.1) is 5.56 Å². The second kappa shape index (κ2) is 5.92. The summed E-state index contributed by atoms with van der Waals surface area (Å²) in [6.07, 6.45) is 1.44. The van der Waals surface area contributed by atoms with Gasteiger partial charge in [-0.1, -0.05) is 22.0 Å². The van der Waals surface area contributed by atoms with Gasteiger partial charge in [-0.15, -0.1) is 0 Å². The van der Waals surface area contributed by atoms with E-state index < -0.39 is 17.7 Å². The number of hydrogen-bond acceptors (Lipinski definition) is 4. The van der Waals surface area contributed by atoms with Crippen LogP contribution in [0.5, 0.6) is 0 Å². The van der Waals surface area contributed by atoms with Gasteiger partial charge in [-0.3, -0.25) is 24.3 Å². The van der Waals surface area contributed by atoms with Crippen LogP contribution in [0.3, 0.4) is 0 Å². The first-order chi connectivity index (χ1) is 11.0. The molecule has 1 N–H and O–H groups in total. The summed E-state index contributed by atoms with van der Waals surface area (Å²) in [5, 5.41) is 2.67. The first-order valence-corrected chi connectivity index (χ1v) is 7.64. The van der Waals surface area contributed by atoms with Crippen LogP contribution in [0.1, 0.15) is 26.4 Å². The highest BCUT2D eigenvalue weighted by Crippen LogP contribution is 2.22. The van der Waals surface area contributed by atoms with Gasteiger partial charge in [0.1, 0.15) is 12.2 Å². The maximum absolute atomic E-state index is 12.2. The topological polar surface area (TPSA) is 79.4 Å². The van der Waals surface area contributed by atoms with Crippen LogP contribution < -0.4 is 5.32 Å². The summed E-state index contributed by atoms with van der Waals surface area (Å²) in [6.45, 7) is 1.58. The molecule has 6 nitrogen and oxygen atoms in total. The Bertz CT molecular complexity index is 800. The summed E-state index contributed by atoms with van der Waals surface area (Å²) < 4.78 is 0.861. The van der Waals surface area contributed by atoms with Crippen molar-refractivity contribution in [3.05, 3.63) is 57.8 Å². The maximum atomic E-state index is 12.2. The van der Waals surface area contributed by atoms with Crippen molar-refractivity contribution in [2.75, 3.05) is 11.9 Å². The number of halogens is 1. The summed E-state index contributed by atoms with van der Waals surface area (Å²) in [7, 11) is 0. The van der Waals surface area contributed by atoms with Gasteiger partial charge in [0.15, 0.2) is 0 Å². The van der Waals surface area contributed by atoms with Crippen molar-refractivity contribution in [3.63, 3.8) is 0 Å². The van der Waals surface area contributed by atoms with E-state index in [0.717, 1.165) is 14.9 Å². The molecule has 2 heterocycles. The molecule has 0 bridgehead atoms. The number of nitrogens with zero attached hydrogens (tertiary/aromatic N) is 2. The molecular weight excluding hydrogens is 362 g/mol. The van der Waals surface area contributed by atoms with E-state index in [0.29, 0.717) is 5.69 Å². The van der Waals surface area contributed by atoms with Gasteiger partial charge in [-0.05, 0) is 36.8 Å². The summed E-state index contributed by atoms with van der Waals surface area (Å²) >= 11 is 3.38. The van der Waals surface area contributed by atoms with Crippen molar-refractivity contribution in [1.82, 2.24) is 9.88 Å². The number of pyridine rings is 1. The Morgan fingerprint density at radius 2 is 2.04 bits per heavy atom. The smallest absolute Gasteiger partial charge is 0.280 e. The van der Waals surface area contributed by atoms with Crippen LogP contribution in [0.15, 0.2) is 41.0 Å². The van der Waals surface area contributed by atoms with Crippen molar-refractivity contribution in [2.45, 2.75) is 6.92 Å². The van der Waals surface area contributed by atoms with Crippen LogP contribution >= 0.6 is 15.9 Å². The Morgan fingerprint density at radius 3 is 2.74 bits per heavy atom. The number of aryl methyl sites for hydroxylation is 1. The van der Waals surface area contributed by atoms with Gasteiger partial charge in [0.25, 0.3) is 11.8 Å². The van der Waals surface area contributed by atoms with Crippen LogP contribution in [0.2, 0.25) is 0 Å². The zero-order valence-corrected chi connectivity index (χ0v) is 13.8. The molecule has 0 aliphatic carbocycles. The first-order valence-electron chi connectivity index (χ1n) is 6.84. The largest absolute Gasteiger partial charge is 0.324 e. The molecule has 116 valence electrons. The number of aromatic nitrogens is 1. The van der Waals surface area contributed by atoms with Gasteiger partial charge < -0.3 is 5.32 Å². The van der Waals surface area contributed by atoms with Crippen molar-refractivity contribution >= 4 is 39.3 Å². The molecule has 0 fully saturated rings. The lowest BCUT2D eigenvalue weighted by molar-refractivity contribution is -0.116. The SMILES string of the molecule is Cc1ccc(NC(=O)CN2C(=O)c3cccnc3C2=O)cc1Br. The van der Waals surface area contributed by atoms with E-state index in [1.54, 1.807) is 18.2 Å². The Morgan fingerprint density at radius 1 is 1.26 bits per heavy atom. The number of hydrogen-bond donors (Lipinski definition) is 1. The van der Waals surface area contributed by atoms with Crippen molar-refractivity contribution in [1.29, 1.82) is 0 Å². The predicted molar refractivity (Wildman–Crippen MR) is 87.1 cm³/mol. The summed E-state index contributed by atoms with van der Waals surface area (Å²) in [6, 6.07) is 8.47. The maximum Gasteiger partial charge on any atom is 0.280 e. The molecule has 0 spiro atoms. The minimum absolute atomic E-state index is 0.0865. The van der Waals surface area contributed by atoms with Crippen molar-refractivity contribution < 1.29 is 14.4 Å². The summed E-state index contributed by atoms with van der Waals surface area (Å²) in [5.41, 5.74) is 1.93. The highest BCUT2D eigenvalue weighted by atomic mass is 79.9. The second-order valence-corrected chi connectivity index (χ2v) is 5.96. The quantitative estimate of drug-likeness (QED) is 0.837. The van der Waals surface area contributed by atoms with Crippen LogP contribution in [-0.2, 0) is 4.79 Å². The third kappa shape index (κ3) is 2.87. The van der Waals surface area contributed by atoms with E-state index in [-0.39, 0.29) is 17.8 Å². The van der Waals surface area contributed by atoms with E-state index in [9.17, 15) is 14.4 Å². The van der Waals surface area contributed by atoms with E-state index >= 15 is 0 Å². The Hall–Kier alpha value is -2.54. The lowest BCUT2D eigenvalue weighted by Crippen LogP contribution is -2.37. The lowest BCUT2D eigenvalue weighted by Gasteiger charge is -2.13. The Balaban J connectivity index is 1.73. The normalized spacial score (nSPS) is 13.2. The third-order valence-electron chi connectivity index (χ3n) is 3.49. The number of rotatable bonds is 3. The fraction of sp³-hybridized carbons (Fsp3) is 0.125. The van der Waals surface area contributed by atoms with E-state index in [4.69, 9.17) is 0 Å². The van der Waals surface area contributed by atoms with Gasteiger partial charge in [0.2, 0.25) is 5.91 Å². The average molecular weight is 374 g/mol. The molecule has 1 aromatic carbocycles. The molecule has 2 aromatic rings. The molecule has 3 amide bonds. The average Bonchev–Trinajstić information content (AvgIpc) is 2.76. The van der Waals surface area contributed by atoms with Crippen LogP contribution in [0.4, 0.5) is 5.69 Å². The molecule has 0 saturated heterocycles. The second-order valence-electron chi connectivity index (χ2n) is 5.11. The van der Waals surface area contributed by atoms with Crippen LogP contribution in [-0.4, -0.2) is 34.2 Å². The number of amides is 3. The van der Waals surface area contributed by atoms with E-state index in [2.05, 4.69) is 26.2 Å². The predicted octanol–water partition coefficient (Wildman–Crippen LogP) is 2.39. The lowest BCUT2D eigenvalue weighted by atomic mass is 10.2. The molecule has 0 radical (unpaired) electrons. The van der Waals surface area contributed by atoms with Gasteiger partial charge in [-0.25, -0.2) is 0 Å². The minimum atomic E-state index is -0.550. The fourth-order valence-corrected chi connectivity index (χ4v) is 2.65. The number of anilines is 1. The molecular formula is C16H12BrN3O3. The van der Waals surface area contributed by atoms with Crippen LogP contribution in [0.25, 0.3) is 0 Å². The number of benzene rings is 1. The van der Waals surface area contributed by atoms with Gasteiger partial charge in [-0.2, -0.15) is 0 Å². The van der Waals surface area contributed by atoms with Crippen molar-refractivity contribution in [3.8, 4) is 0 Å². The summed E-state index contributed by atoms with van der Waals surface area (Å²) in [5.74, 6) is -1.50. The van der Waals surface area contributed by atoms with Crippen LogP contribution in [0, 0.1) is 6.92 Å². The number of fused-ring (bicyclic) bond motifs is 1. The van der Waals surface area contributed by atoms with Gasteiger partial charge in [0, 0.05) is 16.4 Å². The first kappa shape index (κ1) is 15.4. The fourth-order valence-electron chi connectivity index (χ4n) is 2.27. The molecule has 0 atom stereocenters. The van der Waals surface area contributed by atoms with E-state index in [1.165, 1.54) is 12.3 Å².